The van der Waals surface area contributed by atoms with E-state index >= 15 is 0 Å². The van der Waals surface area contributed by atoms with Gasteiger partial charge < -0.3 is 10.5 Å². The quantitative estimate of drug-likeness (QED) is 0.863. The van der Waals surface area contributed by atoms with Crippen LogP contribution < -0.4 is 10.5 Å². The number of aromatic nitrogens is 1. The van der Waals surface area contributed by atoms with E-state index in [9.17, 15) is 0 Å². The van der Waals surface area contributed by atoms with Gasteiger partial charge in [0, 0.05) is 28.6 Å². The van der Waals surface area contributed by atoms with Crippen LogP contribution in [0.1, 0.15) is 4.88 Å². The Morgan fingerprint density at radius 1 is 1.53 bits per heavy atom. The van der Waals surface area contributed by atoms with Gasteiger partial charge in [-0.2, -0.15) is 0 Å². The predicted octanol–water partition coefficient (Wildman–Crippen LogP) is 2.28. The Morgan fingerprint density at radius 2 is 2.40 bits per heavy atom. The van der Waals surface area contributed by atoms with E-state index in [1.807, 2.05) is 17.5 Å². The Bertz CT molecular complexity index is 453. The maximum atomic E-state index is 5.57. The fraction of sp³-hybridized carbons (Fsp3) is 0.182. The molecule has 2 N–H and O–H groups in total. The SMILES string of the molecule is COc1cccnc1-c1csc(CN)c1. The maximum Gasteiger partial charge on any atom is 0.145 e. The number of thiophene rings is 1. The summed E-state index contributed by atoms with van der Waals surface area (Å²) in [6.07, 6.45) is 1.76. The molecule has 3 nitrogen and oxygen atoms in total. The lowest BCUT2D eigenvalue weighted by atomic mass is 10.2. The van der Waals surface area contributed by atoms with Crippen molar-refractivity contribution in [3.63, 3.8) is 0 Å². The van der Waals surface area contributed by atoms with Crippen LogP contribution in [0, 0.1) is 0 Å². The van der Waals surface area contributed by atoms with Crippen LogP contribution in [0.4, 0.5) is 0 Å². The van der Waals surface area contributed by atoms with E-state index in [0.717, 1.165) is 21.9 Å². The van der Waals surface area contributed by atoms with Gasteiger partial charge in [0.1, 0.15) is 11.4 Å². The molecule has 0 fully saturated rings. The molecule has 2 heterocycles. The molecule has 0 unspecified atom stereocenters. The average molecular weight is 220 g/mol. The second-order valence-electron chi connectivity index (χ2n) is 3.06. The highest BCUT2D eigenvalue weighted by Gasteiger charge is 2.08. The lowest BCUT2D eigenvalue weighted by Gasteiger charge is -2.04. The first-order chi connectivity index (χ1) is 7.35. The number of methoxy groups -OCH3 is 1. The number of rotatable bonds is 3. The molecule has 0 aliphatic carbocycles. The Morgan fingerprint density at radius 3 is 3.07 bits per heavy atom. The van der Waals surface area contributed by atoms with Gasteiger partial charge in [-0.1, -0.05) is 0 Å². The van der Waals surface area contributed by atoms with E-state index in [2.05, 4.69) is 11.1 Å². The van der Waals surface area contributed by atoms with Crippen molar-refractivity contribution in [3.8, 4) is 17.0 Å². The number of nitrogens with two attached hydrogens (primary N) is 1. The molecule has 0 saturated heterocycles. The third kappa shape index (κ3) is 2.00. The summed E-state index contributed by atoms with van der Waals surface area (Å²) in [5.74, 6) is 0.791. The molecule has 0 aliphatic rings. The molecule has 0 aromatic carbocycles. The van der Waals surface area contributed by atoms with Crippen molar-refractivity contribution in [2.45, 2.75) is 6.54 Å². The zero-order valence-electron chi connectivity index (χ0n) is 8.43. The summed E-state index contributed by atoms with van der Waals surface area (Å²) in [7, 11) is 1.65. The molecular weight excluding hydrogens is 208 g/mol. The van der Waals surface area contributed by atoms with Gasteiger partial charge in [-0.05, 0) is 18.2 Å². The minimum atomic E-state index is 0.569. The fourth-order valence-electron chi connectivity index (χ4n) is 1.38. The molecule has 78 valence electrons. The highest BCUT2D eigenvalue weighted by Crippen LogP contribution is 2.30. The van der Waals surface area contributed by atoms with E-state index < -0.39 is 0 Å². The molecule has 2 aromatic rings. The molecular formula is C11H12N2OS. The number of hydrogen-bond donors (Lipinski definition) is 1. The zero-order chi connectivity index (χ0) is 10.7. The molecule has 0 aliphatic heterocycles. The van der Waals surface area contributed by atoms with Crippen LogP contribution in [0.3, 0.4) is 0 Å². The molecule has 0 atom stereocenters. The summed E-state index contributed by atoms with van der Waals surface area (Å²) >= 11 is 1.64. The number of hydrogen-bond acceptors (Lipinski definition) is 4. The fourth-order valence-corrected chi connectivity index (χ4v) is 2.13. The summed E-state index contributed by atoms with van der Waals surface area (Å²) in [6.45, 7) is 0.569. The van der Waals surface area contributed by atoms with Crippen LogP contribution in [0.15, 0.2) is 29.8 Å². The summed E-state index contributed by atoms with van der Waals surface area (Å²) < 4.78 is 5.25. The third-order valence-electron chi connectivity index (χ3n) is 2.12. The van der Waals surface area contributed by atoms with E-state index in [4.69, 9.17) is 10.5 Å². The molecule has 0 bridgehead atoms. The van der Waals surface area contributed by atoms with Gasteiger partial charge in [0.2, 0.25) is 0 Å². The lowest BCUT2D eigenvalue weighted by molar-refractivity contribution is 0.415. The number of pyridine rings is 1. The molecule has 0 amide bonds. The summed E-state index contributed by atoms with van der Waals surface area (Å²) in [4.78, 5) is 5.46. The minimum Gasteiger partial charge on any atom is -0.494 e. The van der Waals surface area contributed by atoms with Crippen molar-refractivity contribution in [2.24, 2.45) is 5.73 Å². The Balaban J connectivity index is 2.44. The van der Waals surface area contributed by atoms with Crippen molar-refractivity contribution in [1.29, 1.82) is 0 Å². The number of ether oxygens (including phenoxy) is 1. The largest absolute Gasteiger partial charge is 0.494 e. The van der Waals surface area contributed by atoms with Gasteiger partial charge in [0.15, 0.2) is 0 Å². The van der Waals surface area contributed by atoms with Gasteiger partial charge in [0.25, 0.3) is 0 Å². The summed E-state index contributed by atoms with van der Waals surface area (Å²) in [6, 6.07) is 5.82. The zero-order valence-corrected chi connectivity index (χ0v) is 9.25. The van der Waals surface area contributed by atoms with E-state index in [1.165, 1.54) is 0 Å². The Labute approximate surface area is 92.5 Å². The van der Waals surface area contributed by atoms with E-state index in [1.54, 1.807) is 24.6 Å². The van der Waals surface area contributed by atoms with Crippen LogP contribution in [-0.4, -0.2) is 12.1 Å². The van der Waals surface area contributed by atoms with Crippen molar-refractivity contribution in [1.82, 2.24) is 4.98 Å². The second kappa shape index (κ2) is 4.42. The monoisotopic (exact) mass is 220 g/mol. The smallest absolute Gasteiger partial charge is 0.145 e. The first kappa shape index (κ1) is 10.1. The van der Waals surface area contributed by atoms with Crippen molar-refractivity contribution < 1.29 is 4.74 Å². The maximum absolute atomic E-state index is 5.57. The highest BCUT2D eigenvalue weighted by atomic mass is 32.1. The first-order valence-corrected chi connectivity index (χ1v) is 5.50. The van der Waals surface area contributed by atoms with Gasteiger partial charge in [0.05, 0.1) is 7.11 Å². The van der Waals surface area contributed by atoms with Crippen LogP contribution in [0.2, 0.25) is 0 Å². The highest BCUT2D eigenvalue weighted by molar-refractivity contribution is 7.10. The van der Waals surface area contributed by atoms with E-state index in [0.29, 0.717) is 6.54 Å². The number of nitrogens with zero attached hydrogens (tertiary/aromatic N) is 1. The normalized spacial score (nSPS) is 10.3. The van der Waals surface area contributed by atoms with Crippen LogP contribution in [-0.2, 0) is 6.54 Å². The summed E-state index contributed by atoms with van der Waals surface area (Å²) in [5.41, 5.74) is 7.51. The Kier molecular flexibility index (Phi) is 2.99. The van der Waals surface area contributed by atoms with Crippen LogP contribution in [0.25, 0.3) is 11.3 Å². The molecule has 0 saturated carbocycles. The van der Waals surface area contributed by atoms with Gasteiger partial charge >= 0.3 is 0 Å². The van der Waals surface area contributed by atoms with Crippen LogP contribution in [0.5, 0.6) is 5.75 Å². The lowest BCUT2D eigenvalue weighted by Crippen LogP contribution is -1.92. The van der Waals surface area contributed by atoms with Gasteiger partial charge in [-0.25, -0.2) is 0 Å². The molecule has 4 heteroatoms. The topological polar surface area (TPSA) is 48.1 Å². The molecule has 0 spiro atoms. The molecule has 0 radical (unpaired) electrons. The first-order valence-electron chi connectivity index (χ1n) is 4.62. The van der Waals surface area contributed by atoms with Gasteiger partial charge in [-0.15, -0.1) is 11.3 Å². The average Bonchev–Trinajstić information content (AvgIpc) is 2.77. The Hall–Kier alpha value is -1.39. The predicted molar refractivity (Wildman–Crippen MR) is 62.0 cm³/mol. The van der Waals surface area contributed by atoms with Crippen molar-refractivity contribution in [3.05, 3.63) is 34.7 Å². The third-order valence-corrected chi connectivity index (χ3v) is 3.08. The van der Waals surface area contributed by atoms with Gasteiger partial charge in [-0.3, -0.25) is 4.98 Å². The summed E-state index contributed by atoms with van der Waals surface area (Å²) in [5, 5.41) is 2.05. The van der Waals surface area contributed by atoms with Crippen molar-refractivity contribution >= 4 is 11.3 Å². The van der Waals surface area contributed by atoms with Crippen LogP contribution >= 0.6 is 11.3 Å². The van der Waals surface area contributed by atoms with E-state index in [-0.39, 0.29) is 0 Å². The minimum absolute atomic E-state index is 0.569. The molecule has 2 rings (SSSR count). The standard InChI is InChI=1S/C11H12N2OS/c1-14-10-3-2-4-13-11(10)8-5-9(6-12)15-7-8/h2-5,7H,6,12H2,1H3. The molecule has 15 heavy (non-hydrogen) atoms. The second-order valence-corrected chi connectivity index (χ2v) is 4.06. The van der Waals surface area contributed by atoms with Crippen molar-refractivity contribution in [2.75, 3.05) is 7.11 Å². The molecule has 2 aromatic heterocycles.